The molecule has 1 rings (SSSR count). The number of aliphatic hydroxyl groups excluding tert-OH is 1. The minimum Gasteiger partial charge on any atom is -0.392 e. The summed E-state index contributed by atoms with van der Waals surface area (Å²) in [6, 6.07) is 7.79. The van der Waals surface area contributed by atoms with E-state index in [1.165, 1.54) is 5.56 Å². The molecule has 2 atom stereocenters. The molecular formula is C11H16ClNO. The molecule has 14 heavy (non-hydrogen) atoms. The van der Waals surface area contributed by atoms with Gasteiger partial charge in [-0.3, -0.25) is 0 Å². The number of nitrogens with one attached hydrogen (secondary N) is 1. The Morgan fingerprint density at radius 2 is 1.86 bits per heavy atom. The van der Waals surface area contributed by atoms with Crippen LogP contribution in [0.4, 0.5) is 0 Å². The highest BCUT2D eigenvalue weighted by atomic mass is 35.5. The molecule has 0 saturated carbocycles. The second kappa shape index (κ2) is 5.35. The fourth-order valence-electron chi connectivity index (χ4n) is 1.05. The summed E-state index contributed by atoms with van der Waals surface area (Å²) in [6.45, 7) is 4.49. The Morgan fingerprint density at radius 1 is 1.29 bits per heavy atom. The van der Waals surface area contributed by atoms with Crippen molar-refractivity contribution in [3.8, 4) is 0 Å². The molecule has 0 aliphatic carbocycles. The molecule has 2 unspecified atom stereocenters. The van der Waals surface area contributed by atoms with E-state index >= 15 is 0 Å². The van der Waals surface area contributed by atoms with E-state index in [9.17, 15) is 5.11 Å². The van der Waals surface area contributed by atoms with Gasteiger partial charge < -0.3 is 10.4 Å². The first-order valence-corrected chi connectivity index (χ1v) is 5.13. The molecule has 0 saturated heterocycles. The van der Waals surface area contributed by atoms with Crippen molar-refractivity contribution >= 4 is 11.6 Å². The van der Waals surface area contributed by atoms with Crippen molar-refractivity contribution in [2.45, 2.75) is 32.5 Å². The Morgan fingerprint density at radius 3 is 2.36 bits per heavy atom. The Balaban J connectivity index is 2.42. The molecule has 0 heterocycles. The van der Waals surface area contributed by atoms with Crippen LogP contribution in [0.3, 0.4) is 0 Å². The fourth-order valence-corrected chi connectivity index (χ4v) is 1.18. The van der Waals surface area contributed by atoms with Crippen molar-refractivity contribution in [3.63, 3.8) is 0 Å². The van der Waals surface area contributed by atoms with Gasteiger partial charge in [0.25, 0.3) is 0 Å². The van der Waals surface area contributed by atoms with Crippen LogP contribution in [0.5, 0.6) is 0 Å². The predicted molar refractivity (Wildman–Crippen MR) is 59.4 cm³/mol. The van der Waals surface area contributed by atoms with Crippen molar-refractivity contribution < 1.29 is 5.11 Å². The summed E-state index contributed by atoms with van der Waals surface area (Å²) in [5.74, 6) is 0. The van der Waals surface area contributed by atoms with E-state index in [4.69, 9.17) is 11.6 Å². The highest BCUT2D eigenvalue weighted by molar-refractivity contribution is 6.30. The maximum Gasteiger partial charge on any atom is 0.0662 e. The van der Waals surface area contributed by atoms with Crippen LogP contribution in [0.25, 0.3) is 0 Å². The Labute approximate surface area is 89.9 Å². The molecule has 0 aliphatic rings. The molecule has 0 radical (unpaired) electrons. The minimum atomic E-state index is -0.331. The number of aliphatic hydroxyl groups is 1. The average Bonchev–Trinajstić information content (AvgIpc) is 2.16. The maximum absolute atomic E-state index is 9.26. The highest BCUT2D eigenvalue weighted by Gasteiger charge is 2.06. The van der Waals surface area contributed by atoms with Crippen LogP contribution in [-0.4, -0.2) is 17.3 Å². The molecule has 2 nitrogen and oxygen atoms in total. The molecular weight excluding hydrogens is 198 g/mol. The van der Waals surface area contributed by atoms with E-state index in [-0.39, 0.29) is 12.1 Å². The van der Waals surface area contributed by atoms with Gasteiger partial charge in [-0.15, -0.1) is 0 Å². The lowest BCUT2D eigenvalue weighted by Gasteiger charge is -2.16. The minimum absolute atomic E-state index is 0.102. The molecule has 2 N–H and O–H groups in total. The highest BCUT2D eigenvalue weighted by Crippen LogP contribution is 2.09. The third-order valence-corrected chi connectivity index (χ3v) is 2.52. The summed E-state index contributed by atoms with van der Waals surface area (Å²) < 4.78 is 0. The Kier molecular flexibility index (Phi) is 4.39. The van der Waals surface area contributed by atoms with Gasteiger partial charge in [0.05, 0.1) is 6.10 Å². The SMILES string of the molecule is CC(O)C(C)NCc1ccc(Cl)cc1. The lowest BCUT2D eigenvalue weighted by Crippen LogP contribution is -2.34. The van der Waals surface area contributed by atoms with Crippen LogP contribution < -0.4 is 5.32 Å². The average molecular weight is 214 g/mol. The molecule has 0 fully saturated rings. The van der Waals surface area contributed by atoms with Gasteiger partial charge >= 0.3 is 0 Å². The van der Waals surface area contributed by atoms with Crippen LogP contribution in [0.2, 0.25) is 5.02 Å². The molecule has 0 aromatic heterocycles. The molecule has 3 heteroatoms. The first-order valence-electron chi connectivity index (χ1n) is 4.75. The third kappa shape index (κ3) is 3.66. The van der Waals surface area contributed by atoms with E-state index < -0.39 is 0 Å². The molecule has 1 aromatic rings. The number of benzene rings is 1. The number of rotatable bonds is 4. The van der Waals surface area contributed by atoms with Gasteiger partial charge in [-0.1, -0.05) is 23.7 Å². The topological polar surface area (TPSA) is 32.3 Å². The van der Waals surface area contributed by atoms with Crippen molar-refractivity contribution in [2.24, 2.45) is 0 Å². The van der Waals surface area contributed by atoms with Crippen LogP contribution in [0, 0.1) is 0 Å². The first kappa shape index (κ1) is 11.5. The number of hydrogen-bond donors (Lipinski definition) is 2. The summed E-state index contributed by atoms with van der Waals surface area (Å²) >= 11 is 5.76. The summed E-state index contributed by atoms with van der Waals surface area (Å²) in [6.07, 6.45) is -0.331. The second-order valence-corrected chi connectivity index (χ2v) is 3.97. The van der Waals surface area contributed by atoms with Gasteiger partial charge in [0.1, 0.15) is 0 Å². The smallest absolute Gasteiger partial charge is 0.0662 e. The predicted octanol–water partition coefficient (Wildman–Crippen LogP) is 2.20. The fraction of sp³-hybridized carbons (Fsp3) is 0.455. The van der Waals surface area contributed by atoms with Gasteiger partial charge in [0.15, 0.2) is 0 Å². The molecule has 0 aliphatic heterocycles. The maximum atomic E-state index is 9.26. The molecule has 78 valence electrons. The van der Waals surface area contributed by atoms with E-state index in [0.29, 0.717) is 0 Å². The van der Waals surface area contributed by atoms with Crippen molar-refractivity contribution in [3.05, 3.63) is 34.9 Å². The van der Waals surface area contributed by atoms with Crippen LogP contribution in [0.1, 0.15) is 19.4 Å². The third-order valence-electron chi connectivity index (χ3n) is 2.27. The normalized spacial score (nSPS) is 15.1. The van der Waals surface area contributed by atoms with Crippen LogP contribution >= 0.6 is 11.6 Å². The van der Waals surface area contributed by atoms with E-state index in [2.05, 4.69) is 5.32 Å². The Hall–Kier alpha value is -0.570. The lowest BCUT2D eigenvalue weighted by atomic mass is 10.2. The Bertz CT molecular complexity index is 271. The lowest BCUT2D eigenvalue weighted by molar-refractivity contribution is 0.152. The zero-order chi connectivity index (χ0) is 10.6. The zero-order valence-electron chi connectivity index (χ0n) is 8.50. The van der Waals surface area contributed by atoms with Gasteiger partial charge in [-0.25, -0.2) is 0 Å². The number of halogens is 1. The van der Waals surface area contributed by atoms with Gasteiger partial charge in [0, 0.05) is 17.6 Å². The standard InChI is InChI=1S/C11H16ClNO/c1-8(9(2)14)13-7-10-3-5-11(12)6-4-10/h3-6,8-9,13-14H,7H2,1-2H3. The zero-order valence-corrected chi connectivity index (χ0v) is 9.25. The molecule has 0 spiro atoms. The van der Waals surface area contributed by atoms with Gasteiger partial charge in [-0.05, 0) is 31.5 Å². The van der Waals surface area contributed by atoms with Gasteiger partial charge in [-0.2, -0.15) is 0 Å². The second-order valence-electron chi connectivity index (χ2n) is 3.54. The summed E-state index contributed by atoms with van der Waals surface area (Å²) in [7, 11) is 0. The van der Waals surface area contributed by atoms with Crippen molar-refractivity contribution in [1.29, 1.82) is 0 Å². The summed E-state index contributed by atoms with van der Waals surface area (Å²) in [5.41, 5.74) is 1.17. The summed E-state index contributed by atoms with van der Waals surface area (Å²) in [4.78, 5) is 0. The van der Waals surface area contributed by atoms with Crippen LogP contribution in [0.15, 0.2) is 24.3 Å². The van der Waals surface area contributed by atoms with Crippen LogP contribution in [-0.2, 0) is 6.54 Å². The van der Waals surface area contributed by atoms with Crippen molar-refractivity contribution in [1.82, 2.24) is 5.32 Å². The van der Waals surface area contributed by atoms with E-state index in [0.717, 1.165) is 11.6 Å². The first-order chi connectivity index (χ1) is 6.59. The largest absolute Gasteiger partial charge is 0.392 e. The monoisotopic (exact) mass is 213 g/mol. The van der Waals surface area contributed by atoms with Gasteiger partial charge in [0.2, 0.25) is 0 Å². The van der Waals surface area contributed by atoms with E-state index in [1.54, 1.807) is 6.92 Å². The molecule has 1 aromatic carbocycles. The van der Waals surface area contributed by atoms with E-state index in [1.807, 2.05) is 31.2 Å². The molecule has 0 bridgehead atoms. The van der Waals surface area contributed by atoms with Crippen molar-refractivity contribution in [2.75, 3.05) is 0 Å². The summed E-state index contributed by atoms with van der Waals surface area (Å²) in [5, 5.41) is 13.2. The number of hydrogen-bond acceptors (Lipinski definition) is 2. The quantitative estimate of drug-likeness (QED) is 0.804. The molecule has 0 amide bonds.